The maximum atomic E-state index is 12.5. The van der Waals surface area contributed by atoms with Crippen molar-refractivity contribution in [2.24, 2.45) is 0 Å². The maximum Gasteiger partial charge on any atom is 0.305 e. The number of hydrogen-bond acceptors (Lipinski definition) is 11. The summed E-state index contributed by atoms with van der Waals surface area (Å²) in [4.78, 5) is 58.5. The van der Waals surface area contributed by atoms with E-state index < -0.39 is 31.9 Å². The van der Waals surface area contributed by atoms with Gasteiger partial charge >= 0.3 is 5.97 Å². The molecule has 0 heterocycles. The van der Waals surface area contributed by atoms with Gasteiger partial charge in [0.1, 0.15) is 22.2 Å². The highest BCUT2D eigenvalue weighted by atomic mass is 32.2. The number of aliphatic carboxylic acids is 1. The second-order valence-electron chi connectivity index (χ2n) is 16.9. The number of hydrogen-bond donors (Lipinski definition) is 4. The van der Waals surface area contributed by atoms with Crippen LogP contribution in [0.3, 0.4) is 0 Å². The van der Waals surface area contributed by atoms with E-state index in [4.69, 9.17) is 14.6 Å². The Bertz CT molecular complexity index is 1440. The van der Waals surface area contributed by atoms with Crippen LogP contribution in [0.4, 0.5) is 0 Å². The Hall–Kier alpha value is -2.51. The Morgan fingerprint density at radius 3 is 1.61 bits per heavy atom. The number of likely N-dealkylation sites (N-methyl/N-ethyl adjacent to an activating group) is 1. The number of carboxylic acids is 1. The van der Waals surface area contributed by atoms with Gasteiger partial charge in [0.05, 0.1) is 83.3 Å². The lowest BCUT2D eigenvalue weighted by molar-refractivity contribution is -0.889. The molecule has 4 N–H and O–H groups in total. The molecule has 0 spiro atoms. The van der Waals surface area contributed by atoms with Crippen molar-refractivity contribution >= 4 is 49.2 Å². The van der Waals surface area contributed by atoms with Crippen LogP contribution in [0.25, 0.3) is 0 Å². The fraction of sp³-hybridized carbons (Fsp3) is 0.884. The summed E-state index contributed by atoms with van der Waals surface area (Å²) >= 11 is 0. The molecule has 61 heavy (non-hydrogen) atoms. The highest BCUT2D eigenvalue weighted by Gasteiger charge is 2.20. The quantitative estimate of drug-likeness (QED) is 0.0474. The molecule has 0 unspecified atom stereocenters. The first-order chi connectivity index (χ1) is 28.8. The van der Waals surface area contributed by atoms with Crippen molar-refractivity contribution in [2.75, 3.05) is 84.0 Å². The maximum absolute atomic E-state index is 12.5. The largest absolute Gasteiger partial charge is 0.481 e. The van der Waals surface area contributed by atoms with Gasteiger partial charge < -0.3 is 34.5 Å². The van der Waals surface area contributed by atoms with Crippen molar-refractivity contribution in [1.29, 1.82) is 0 Å². The molecule has 0 aromatic rings. The Morgan fingerprint density at radius 1 is 0.557 bits per heavy atom. The van der Waals surface area contributed by atoms with E-state index in [-0.39, 0.29) is 98.9 Å². The van der Waals surface area contributed by atoms with Crippen LogP contribution in [-0.4, -0.2) is 146 Å². The number of sulfonamides is 1. The normalized spacial score (nSPS) is 12.6. The number of unbranched alkanes of at least 4 members (excludes halogenated alkanes) is 14. The first-order valence-corrected chi connectivity index (χ1v) is 26.2. The van der Waals surface area contributed by atoms with Gasteiger partial charge in [-0.05, 0) is 52.4 Å². The van der Waals surface area contributed by atoms with E-state index in [1.807, 2.05) is 14.1 Å². The Morgan fingerprint density at radius 2 is 1.07 bits per heavy atom. The van der Waals surface area contributed by atoms with Crippen molar-refractivity contribution in [3.63, 3.8) is 0 Å². The van der Waals surface area contributed by atoms with E-state index in [1.165, 1.54) is 58.3 Å². The summed E-state index contributed by atoms with van der Waals surface area (Å²) in [5.41, 5.74) is 0. The zero-order valence-corrected chi connectivity index (χ0v) is 39.7. The number of ether oxygens (including phenoxy) is 2. The first-order valence-electron chi connectivity index (χ1n) is 22.8. The number of carboxylic acid groups (broad SMARTS) is 1. The SMILES string of the molecule is CC(=O)CCCCCCCCCCCCCCCCC(=O)N[C@@H](CCC(=O)NCCCS(=O)(=O)CCCCS(=O)(=O)NCC[N+](C)(C)CCOCCOCCC(=O)O)C(C)=O. The Balaban J connectivity index is 4.01. The van der Waals surface area contributed by atoms with Gasteiger partial charge in [0.15, 0.2) is 5.78 Å². The van der Waals surface area contributed by atoms with Crippen molar-refractivity contribution in [1.82, 2.24) is 15.4 Å². The zero-order chi connectivity index (χ0) is 45.8. The lowest BCUT2D eigenvalue weighted by Gasteiger charge is -2.29. The molecule has 0 radical (unpaired) electrons. The number of carbonyl (C=O) groups is 5. The molecule has 1 atom stereocenters. The molecule has 0 rings (SSSR count). The second-order valence-corrected chi connectivity index (χ2v) is 21.2. The number of Topliss-reactive ketones (excluding diaryl/α,β-unsaturated/α-hetero) is 2. The van der Waals surface area contributed by atoms with Gasteiger partial charge in [-0.1, -0.05) is 77.0 Å². The molecule has 0 saturated heterocycles. The van der Waals surface area contributed by atoms with Crippen LogP contribution in [0.1, 0.15) is 155 Å². The molecule has 0 aliphatic rings. The van der Waals surface area contributed by atoms with Gasteiger partial charge in [0.25, 0.3) is 0 Å². The van der Waals surface area contributed by atoms with E-state index in [9.17, 15) is 40.8 Å². The molecule has 16 nitrogen and oxygen atoms in total. The topological polar surface area (TPSA) is 228 Å². The summed E-state index contributed by atoms with van der Waals surface area (Å²) in [6, 6.07) is -0.752. The molecule has 0 aromatic heterocycles. The number of ketones is 2. The van der Waals surface area contributed by atoms with Gasteiger partial charge in [-0.15, -0.1) is 0 Å². The monoisotopic (exact) mass is 912 g/mol. The molecule has 0 saturated carbocycles. The van der Waals surface area contributed by atoms with Gasteiger partial charge in [-0.25, -0.2) is 21.6 Å². The summed E-state index contributed by atoms with van der Waals surface area (Å²) in [6.45, 7) is 5.75. The lowest BCUT2D eigenvalue weighted by atomic mass is 10.0. The van der Waals surface area contributed by atoms with E-state index >= 15 is 0 Å². The summed E-state index contributed by atoms with van der Waals surface area (Å²) in [5, 5.41) is 14.0. The van der Waals surface area contributed by atoms with E-state index in [0.717, 1.165) is 38.5 Å². The predicted octanol–water partition coefficient (Wildman–Crippen LogP) is 4.88. The number of amides is 2. The van der Waals surface area contributed by atoms with Crippen LogP contribution >= 0.6 is 0 Å². The number of quaternary nitrogens is 1. The van der Waals surface area contributed by atoms with Gasteiger partial charge in [-0.3, -0.25) is 19.2 Å². The summed E-state index contributed by atoms with van der Waals surface area (Å²) in [6.07, 6.45) is 17.9. The van der Waals surface area contributed by atoms with Crippen LogP contribution in [0.15, 0.2) is 0 Å². The van der Waals surface area contributed by atoms with Crippen LogP contribution in [-0.2, 0) is 53.3 Å². The van der Waals surface area contributed by atoms with Crippen LogP contribution in [0.2, 0.25) is 0 Å². The smallest absolute Gasteiger partial charge is 0.305 e. The predicted molar refractivity (Wildman–Crippen MR) is 239 cm³/mol. The molecule has 0 aliphatic heterocycles. The van der Waals surface area contributed by atoms with Crippen molar-refractivity contribution in [2.45, 2.75) is 161 Å². The van der Waals surface area contributed by atoms with Crippen LogP contribution in [0, 0.1) is 0 Å². The zero-order valence-electron chi connectivity index (χ0n) is 38.1. The van der Waals surface area contributed by atoms with Gasteiger partial charge in [0, 0.05) is 25.8 Å². The fourth-order valence-electron chi connectivity index (χ4n) is 6.51. The molecule has 2 amide bonds. The van der Waals surface area contributed by atoms with E-state index in [1.54, 1.807) is 6.92 Å². The Kier molecular flexibility index (Phi) is 34.4. The van der Waals surface area contributed by atoms with Crippen molar-refractivity contribution in [3.8, 4) is 0 Å². The number of carbonyl (C=O) groups excluding carboxylic acids is 4. The highest BCUT2D eigenvalue weighted by molar-refractivity contribution is 7.91. The van der Waals surface area contributed by atoms with E-state index in [0.29, 0.717) is 50.2 Å². The Labute approximate surface area is 368 Å². The summed E-state index contributed by atoms with van der Waals surface area (Å²) in [5.74, 6) is -1.88. The van der Waals surface area contributed by atoms with Crippen molar-refractivity contribution < 1.29 is 59.9 Å². The van der Waals surface area contributed by atoms with E-state index in [2.05, 4.69) is 15.4 Å². The highest BCUT2D eigenvalue weighted by Crippen LogP contribution is 2.14. The van der Waals surface area contributed by atoms with Gasteiger partial charge in [-0.2, -0.15) is 0 Å². The molecule has 0 aliphatic carbocycles. The molecule has 358 valence electrons. The first kappa shape index (κ1) is 58.5. The molecule has 0 aromatic carbocycles. The molecular weight excluding hydrogens is 829 g/mol. The van der Waals surface area contributed by atoms with Crippen LogP contribution < -0.4 is 15.4 Å². The third kappa shape index (κ3) is 40.0. The number of rotatable bonds is 44. The number of nitrogens with zero attached hydrogens (tertiary/aromatic N) is 1. The molecular formula is C43H83N4O12S2+. The molecule has 0 bridgehead atoms. The lowest BCUT2D eigenvalue weighted by Crippen LogP contribution is -2.47. The molecule has 18 heteroatoms. The standard InChI is InChI=1S/C43H82N4O12S2/c1-38(48)22-17-15-13-11-9-7-5-6-8-10-12-14-16-18-23-42(51)46-40(39(2)49)24-25-41(50)44-27-21-36-60(54,55)35-19-20-37-61(56,57)45-28-29-47(3,4)30-32-59-34-33-58-31-26-43(52)53/h40,45H,5-37H2,1-4H3,(H2-,44,46,50,51,52,53)/p+1/t40-/m0/s1. The van der Waals surface area contributed by atoms with Crippen molar-refractivity contribution in [3.05, 3.63) is 0 Å². The van der Waals surface area contributed by atoms with Gasteiger partial charge in [0.2, 0.25) is 21.8 Å². The third-order valence-electron chi connectivity index (χ3n) is 10.5. The fourth-order valence-corrected chi connectivity index (χ4v) is 9.07. The molecule has 0 fully saturated rings. The second kappa shape index (κ2) is 35.9. The average molecular weight is 912 g/mol. The minimum atomic E-state index is -3.58. The third-order valence-corrected chi connectivity index (χ3v) is 13.7. The minimum absolute atomic E-state index is 0.0155. The minimum Gasteiger partial charge on any atom is -0.481 e. The summed E-state index contributed by atoms with van der Waals surface area (Å²) in [7, 11) is -3.12. The van der Waals surface area contributed by atoms with Crippen LogP contribution in [0.5, 0.6) is 0 Å². The number of sulfone groups is 1. The summed E-state index contributed by atoms with van der Waals surface area (Å²) < 4.78 is 63.7. The average Bonchev–Trinajstić information content (AvgIpc) is 3.17. The number of nitrogens with one attached hydrogen (secondary N) is 3.